The molecule has 0 spiro atoms. The molecule has 1 aromatic carbocycles. The predicted octanol–water partition coefficient (Wildman–Crippen LogP) is 2.79. The van der Waals surface area contributed by atoms with E-state index in [-0.39, 0.29) is 24.6 Å². The Kier molecular flexibility index (Phi) is 5.97. The van der Waals surface area contributed by atoms with Crippen LogP contribution in [0.15, 0.2) is 48.8 Å². The van der Waals surface area contributed by atoms with E-state index in [1.807, 2.05) is 36.4 Å². The van der Waals surface area contributed by atoms with Crippen molar-refractivity contribution in [1.82, 2.24) is 15.2 Å². The zero-order valence-electron chi connectivity index (χ0n) is 16.7. The van der Waals surface area contributed by atoms with Crippen molar-refractivity contribution in [3.8, 4) is 17.9 Å². The van der Waals surface area contributed by atoms with Crippen molar-refractivity contribution in [2.45, 2.75) is 49.7 Å². The number of carbonyl (C=O) groups excluding carboxylic acids is 1. The minimum absolute atomic E-state index is 0.174. The molecule has 1 aliphatic heterocycles. The number of carbonyl (C=O) groups is 1. The molecule has 1 aromatic heterocycles. The van der Waals surface area contributed by atoms with Crippen LogP contribution in [0.25, 0.3) is 0 Å². The minimum atomic E-state index is -0.587. The maximum atomic E-state index is 12.7. The van der Waals surface area contributed by atoms with Crippen LogP contribution in [0.2, 0.25) is 0 Å². The maximum Gasteiger partial charge on any atom is 0.319 e. The van der Waals surface area contributed by atoms with E-state index >= 15 is 0 Å². The SMILES string of the molecule is N#C[C@@H]1[C@@H](c2ccc(C#Cc3cccnc3)cc2)[C@@H](CO)N1C(=O)NC1CCCC1. The summed E-state index contributed by atoms with van der Waals surface area (Å²) in [6.07, 6.45) is 7.62. The van der Waals surface area contributed by atoms with Gasteiger partial charge in [-0.25, -0.2) is 4.79 Å². The third kappa shape index (κ3) is 4.01. The number of rotatable bonds is 3. The summed E-state index contributed by atoms with van der Waals surface area (Å²) in [5.74, 6) is 5.96. The zero-order chi connectivity index (χ0) is 20.9. The van der Waals surface area contributed by atoms with Gasteiger partial charge in [0.25, 0.3) is 0 Å². The number of aliphatic hydroxyl groups is 1. The molecule has 6 nitrogen and oxygen atoms in total. The van der Waals surface area contributed by atoms with Gasteiger partial charge >= 0.3 is 6.03 Å². The first-order chi connectivity index (χ1) is 14.7. The molecule has 1 aliphatic carbocycles. The Morgan fingerprint density at radius 1 is 1.17 bits per heavy atom. The van der Waals surface area contributed by atoms with Gasteiger partial charge in [0.2, 0.25) is 0 Å². The van der Waals surface area contributed by atoms with Crippen molar-refractivity contribution in [3.63, 3.8) is 0 Å². The summed E-state index contributed by atoms with van der Waals surface area (Å²) >= 11 is 0. The number of nitrogens with one attached hydrogen (secondary N) is 1. The molecule has 2 amide bonds. The highest BCUT2D eigenvalue weighted by Gasteiger charge is 2.52. The first-order valence-electron chi connectivity index (χ1n) is 10.3. The average molecular weight is 400 g/mol. The Bertz CT molecular complexity index is 982. The van der Waals surface area contributed by atoms with E-state index in [1.165, 1.54) is 4.90 Å². The van der Waals surface area contributed by atoms with Gasteiger partial charge in [0.15, 0.2) is 0 Å². The van der Waals surface area contributed by atoms with E-state index in [1.54, 1.807) is 12.4 Å². The van der Waals surface area contributed by atoms with Crippen LogP contribution in [0.4, 0.5) is 4.79 Å². The number of benzene rings is 1. The Labute approximate surface area is 176 Å². The number of aromatic nitrogens is 1. The number of likely N-dealkylation sites (tertiary alicyclic amines) is 1. The molecule has 30 heavy (non-hydrogen) atoms. The van der Waals surface area contributed by atoms with Crippen LogP contribution >= 0.6 is 0 Å². The zero-order valence-corrected chi connectivity index (χ0v) is 16.7. The molecular weight excluding hydrogens is 376 g/mol. The maximum absolute atomic E-state index is 12.7. The van der Waals surface area contributed by atoms with Crippen molar-refractivity contribution in [2.24, 2.45) is 0 Å². The lowest BCUT2D eigenvalue weighted by molar-refractivity contribution is 0.0158. The second-order valence-electron chi connectivity index (χ2n) is 7.80. The summed E-state index contributed by atoms with van der Waals surface area (Å²) in [5, 5.41) is 22.6. The summed E-state index contributed by atoms with van der Waals surface area (Å²) < 4.78 is 0. The van der Waals surface area contributed by atoms with E-state index in [9.17, 15) is 15.2 Å². The lowest BCUT2D eigenvalue weighted by Crippen LogP contribution is -2.67. The van der Waals surface area contributed by atoms with E-state index in [4.69, 9.17) is 0 Å². The van der Waals surface area contributed by atoms with Gasteiger partial charge < -0.3 is 15.3 Å². The molecule has 1 saturated heterocycles. The number of hydrogen-bond donors (Lipinski definition) is 2. The van der Waals surface area contributed by atoms with Crippen molar-refractivity contribution < 1.29 is 9.90 Å². The van der Waals surface area contributed by atoms with E-state index in [0.717, 1.165) is 42.4 Å². The summed E-state index contributed by atoms with van der Waals surface area (Å²) in [7, 11) is 0. The summed E-state index contributed by atoms with van der Waals surface area (Å²) in [5.41, 5.74) is 2.62. The Hall–Kier alpha value is -3.35. The fourth-order valence-corrected chi connectivity index (χ4v) is 4.38. The standard InChI is InChI=1S/C24H24N4O2/c25-14-21-23(22(16-29)28(21)24(30)27-20-5-1-2-6-20)19-11-9-17(10-12-19)7-8-18-4-3-13-26-15-18/h3-4,9-13,15,20-23,29H,1-2,5-6,16H2,(H,27,30)/t21-,22-,23-/m1/s1. The molecule has 4 rings (SSSR count). The van der Waals surface area contributed by atoms with Gasteiger partial charge in [-0.2, -0.15) is 5.26 Å². The van der Waals surface area contributed by atoms with Crippen molar-refractivity contribution >= 4 is 6.03 Å². The first kappa shape index (κ1) is 19.9. The fourth-order valence-electron chi connectivity index (χ4n) is 4.38. The van der Waals surface area contributed by atoms with Crippen LogP contribution < -0.4 is 5.32 Å². The molecule has 2 aliphatic rings. The third-order valence-corrected chi connectivity index (χ3v) is 5.96. The number of nitrogens with zero attached hydrogens (tertiary/aromatic N) is 3. The highest BCUT2D eigenvalue weighted by Crippen LogP contribution is 2.40. The molecule has 2 fully saturated rings. The molecule has 0 unspecified atom stereocenters. The molecule has 2 aromatic rings. The second kappa shape index (κ2) is 8.98. The van der Waals surface area contributed by atoms with Gasteiger partial charge in [0, 0.05) is 35.5 Å². The molecular formula is C24H24N4O2. The smallest absolute Gasteiger partial charge is 0.319 e. The number of urea groups is 1. The second-order valence-corrected chi connectivity index (χ2v) is 7.80. The van der Waals surface area contributed by atoms with E-state index in [0.29, 0.717) is 0 Å². The van der Waals surface area contributed by atoms with Gasteiger partial charge in [-0.3, -0.25) is 4.98 Å². The van der Waals surface area contributed by atoms with E-state index in [2.05, 4.69) is 28.2 Å². The average Bonchev–Trinajstić information content (AvgIpc) is 3.27. The van der Waals surface area contributed by atoms with Crippen LogP contribution in [0, 0.1) is 23.2 Å². The molecule has 2 heterocycles. The molecule has 2 N–H and O–H groups in total. The Morgan fingerprint density at radius 2 is 1.90 bits per heavy atom. The highest BCUT2D eigenvalue weighted by atomic mass is 16.3. The highest BCUT2D eigenvalue weighted by molar-refractivity contribution is 5.77. The summed E-state index contributed by atoms with van der Waals surface area (Å²) in [6.45, 7) is -0.177. The number of amides is 2. The normalized spacial score (nSPS) is 23.1. The monoisotopic (exact) mass is 400 g/mol. The summed E-state index contributed by atoms with van der Waals surface area (Å²) in [6, 6.07) is 12.6. The van der Waals surface area contributed by atoms with E-state index < -0.39 is 12.1 Å². The molecule has 6 heteroatoms. The Balaban J connectivity index is 1.47. The predicted molar refractivity (Wildman–Crippen MR) is 112 cm³/mol. The molecule has 152 valence electrons. The van der Waals surface area contributed by atoms with Crippen molar-refractivity contribution in [1.29, 1.82) is 5.26 Å². The molecule has 0 radical (unpaired) electrons. The lowest BCUT2D eigenvalue weighted by atomic mass is 9.76. The van der Waals surface area contributed by atoms with Gasteiger partial charge in [-0.1, -0.05) is 36.8 Å². The van der Waals surface area contributed by atoms with Crippen LogP contribution in [0.5, 0.6) is 0 Å². The number of hydrogen-bond acceptors (Lipinski definition) is 4. The van der Waals surface area contributed by atoms with Crippen LogP contribution in [0.1, 0.15) is 48.3 Å². The number of nitriles is 1. The number of aliphatic hydroxyl groups excluding tert-OH is 1. The largest absolute Gasteiger partial charge is 0.394 e. The van der Waals surface area contributed by atoms with Crippen LogP contribution in [0.3, 0.4) is 0 Å². The molecule has 1 saturated carbocycles. The van der Waals surface area contributed by atoms with Gasteiger partial charge in [0.1, 0.15) is 6.04 Å². The number of pyridine rings is 1. The Morgan fingerprint density at radius 3 is 2.53 bits per heavy atom. The van der Waals surface area contributed by atoms with Gasteiger partial charge in [-0.15, -0.1) is 0 Å². The lowest BCUT2D eigenvalue weighted by Gasteiger charge is -2.51. The van der Waals surface area contributed by atoms with Crippen molar-refractivity contribution in [3.05, 3.63) is 65.5 Å². The van der Waals surface area contributed by atoms with Gasteiger partial charge in [-0.05, 0) is 42.7 Å². The van der Waals surface area contributed by atoms with Crippen molar-refractivity contribution in [2.75, 3.05) is 6.61 Å². The minimum Gasteiger partial charge on any atom is -0.394 e. The summed E-state index contributed by atoms with van der Waals surface area (Å²) in [4.78, 5) is 18.2. The fraction of sp³-hybridized carbons (Fsp3) is 0.375. The topological polar surface area (TPSA) is 89.2 Å². The first-order valence-corrected chi connectivity index (χ1v) is 10.3. The van der Waals surface area contributed by atoms with Gasteiger partial charge in [0.05, 0.1) is 18.7 Å². The molecule has 3 atom stereocenters. The quantitative estimate of drug-likeness (QED) is 0.776. The van der Waals surface area contributed by atoms with Crippen LogP contribution in [-0.2, 0) is 0 Å². The molecule has 0 bridgehead atoms. The third-order valence-electron chi connectivity index (χ3n) is 5.96. The van der Waals surface area contributed by atoms with Crippen LogP contribution in [-0.4, -0.2) is 45.8 Å².